The number of imidazole rings is 1. The second kappa shape index (κ2) is 4.38. The summed E-state index contributed by atoms with van der Waals surface area (Å²) in [6.45, 7) is 0. The number of nitrogens with two attached hydrogens (primary N) is 1. The van der Waals surface area contributed by atoms with Gasteiger partial charge in [0, 0.05) is 30.7 Å². The Balaban J connectivity index is 2.14. The number of rotatable bonds is 2. The zero-order chi connectivity index (χ0) is 12.5. The Bertz CT molecular complexity index is 557. The van der Waals surface area contributed by atoms with E-state index in [-0.39, 0.29) is 0 Å². The molecule has 6 heteroatoms. The van der Waals surface area contributed by atoms with Gasteiger partial charge in [-0.25, -0.2) is 20.8 Å². The number of nitrogens with zero attached hydrogens (tertiary/aromatic N) is 4. The molecular formula is C12H16N6. The Morgan fingerprint density at radius 1 is 1.28 bits per heavy atom. The number of nitrogens with one attached hydrogen (secondary N) is 1. The van der Waals surface area contributed by atoms with Crippen molar-refractivity contribution in [2.75, 3.05) is 5.43 Å². The average molecular weight is 244 g/mol. The first kappa shape index (κ1) is 11.2. The lowest BCUT2D eigenvalue weighted by Gasteiger charge is -2.18. The first-order valence-corrected chi connectivity index (χ1v) is 6.13. The van der Waals surface area contributed by atoms with E-state index in [2.05, 4.69) is 20.4 Å². The predicted molar refractivity (Wildman–Crippen MR) is 68.7 cm³/mol. The molecule has 0 atom stereocenters. The van der Waals surface area contributed by atoms with Crippen LogP contribution in [0.25, 0.3) is 11.6 Å². The van der Waals surface area contributed by atoms with Crippen LogP contribution in [0.4, 0.5) is 5.82 Å². The number of hydrazine groups is 1. The lowest BCUT2D eigenvalue weighted by atomic mass is 9.96. The first-order chi connectivity index (χ1) is 8.79. The Hall–Kier alpha value is -1.95. The number of fused-ring (bicyclic) bond motifs is 1. The molecule has 1 aliphatic carbocycles. The van der Waals surface area contributed by atoms with Gasteiger partial charge < -0.3 is 9.99 Å². The van der Waals surface area contributed by atoms with Crippen LogP contribution in [0.2, 0.25) is 0 Å². The van der Waals surface area contributed by atoms with Gasteiger partial charge in [-0.2, -0.15) is 0 Å². The van der Waals surface area contributed by atoms with Crippen molar-refractivity contribution >= 4 is 5.82 Å². The Labute approximate surface area is 105 Å². The number of hydrogen-bond donors (Lipinski definition) is 2. The van der Waals surface area contributed by atoms with E-state index in [1.807, 2.05) is 17.8 Å². The number of anilines is 1. The summed E-state index contributed by atoms with van der Waals surface area (Å²) in [4.78, 5) is 13.4. The Morgan fingerprint density at radius 3 is 2.83 bits per heavy atom. The molecule has 3 N–H and O–H groups in total. The molecule has 0 amide bonds. The highest BCUT2D eigenvalue weighted by atomic mass is 15.3. The van der Waals surface area contributed by atoms with E-state index in [0.717, 1.165) is 35.7 Å². The average Bonchev–Trinajstić information content (AvgIpc) is 2.83. The number of hydrogen-bond acceptors (Lipinski definition) is 5. The first-order valence-electron chi connectivity index (χ1n) is 6.13. The van der Waals surface area contributed by atoms with E-state index >= 15 is 0 Å². The van der Waals surface area contributed by atoms with Crippen molar-refractivity contribution in [1.29, 1.82) is 0 Å². The SMILES string of the molecule is Cn1ccnc1-c1nc2c(c(NN)n1)CCCC2. The molecule has 1 aliphatic rings. The van der Waals surface area contributed by atoms with Crippen LogP contribution in [0, 0.1) is 0 Å². The van der Waals surface area contributed by atoms with Gasteiger partial charge in [0.15, 0.2) is 11.6 Å². The number of nitrogen functional groups attached to an aromatic ring is 1. The van der Waals surface area contributed by atoms with Gasteiger partial charge >= 0.3 is 0 Å². The fourth-order valence-corrected chi connectivity index (χ4v) is 2.39. The van der Waals surface area contributed by atoms with Crippen molar-refractivity contribution in [2.24, 2.45) is 12.9 Å². The predicted octanol–water partition coefficient (Wildman–Crippen LogP) is 1.04. The molecular weight excluding hydrogens is 228 g/mol. The molecule has 3 rings (SSSR count). The lowest BCUT2D eigenvalue weighted by Crippen LogP contribution is -2.17. The summed E-state index contributed by atoms with van der Waals surface area (Å²) in [7, 11) is 1.93. The molecule has 0 fully saturated rings. The van der Waals surface area contributed by atoms with Gasteiger partial charge in [-0.3, -0.25) is 0 Å². The standard InChI is InChI=1S/C12H16N6/c1-18-7-6-14-12(18)11-15-9-5-3-2-4-8(9)10(16-11)17-13/h6-7H,2-5,13H2,1H3,(H,15,16,17). The van der Waals surface area contributed by atoms with E-state index in [9.17, 15) is 0 Å². The molecule has 2 aromatic heterocycles. The van der Waals surface area contributed by atoms with Crippen LogP contribution in [0.3, 0.4) is 0 Å². The van der Waals surface area contributed by atoms with E-state index in [4.69, 9.17) is 5.84 Å². The molecule has 0 radical (unpaired) electrons. The van der Waals surface area contributed by atoms with Crippen LogP contribution in [-0.4, -0.2) is 19.5 Å². The fraction of sp³-hybridized carbons (Fsp3) is 0.417. The second-order valence-corrected chi connectivity index (χ2v) is 4.53. The van der Waals surface area contributed by atoms with Crippen LogP contribution in [0.5, 0.6) is 0 Å². The van der Waals surface area contributed by atoms with E-state index in [0.29, 0.717) is 5.82 Å². The van der Waals surface area contributed by atoms with Crippen LogP contribution in [0.15, 0.2) is 12.4 Å². The summed E-state index contributed by atoms with van der Waals surface area (Å²) < 4.78 is 1.91. The summed E-state index contributed by atoms with van der Waals surface area (Å²) in [5.41, 5.74) is 4.94. The minimum absolute atomic E-state index is 0.635. The largest absolute Gasteiger partial charge is 0.331 e. The van der Waals surface area contributed by atoms with E-state index in [1.54, 1.807) is 6.20 Å². The molecule has 0 aliphatic heterocycles. The number of aryl methyl sites for hydroxylation is 2. The molecule has 0 saturated carbocycles. The second-order valence-electron chi connectivity index (χ2n) is 4.53. The normalized spacial score (nSPS) is 14.3. The molecule has 0 aromatic carbocycles. The molecule has 6 nitrogen and oxygen atoms in total. The fourth-order valence-electron chi connectivity index (χ4n) is 2.39. The summed E-state index contributed by atoms with van der Waals surface area (Å²) in [6, 6.07) is 0. The maximum absolute atomic E-state index is 5.57. The molecule has 0 unspecified atom stereocenters. The van der Waals surface area contributed by atoms with Crippen LogP contribution >= 0.6 is 0 Å². The van der Waals surface area contributed by atoms with Crippen LogP contribution in [-0.2, 0) is 19.9 Å². The Morgan fingerprint density at radius 2 is 2.11 bits per heavy atom. The summed E-state index contributed by atoms with van der Waals surface area (Å²) in [5.74, 6) is 7.70. The Kier molecular flexibility index (Phi) is 2.71. The van der Waals surface area contributed by atoms with Crippen molar-refractivity contribution in [2.45, 2.75) is 25.7 Å². The third-order valence-corrected chi connectivity index (χ3v) is 3.34. The third kappa shape index (κ3) is 1.74. The van der Waals surface area contributed by atoms with Gasteiger partial charge in [-0.05, 0) is 25.7 Å². The van der Waals surface area contributed by atoms with E-state index in [1.165, 1.54) is 12.8 Å². The van der Waals surface area contributed by atoms with Gasteiger partial charge in [0.25, 0.3) is 0 Å². The van der Waals surface area contributed by atoms with Crippen molar-refractivity contribution in [3.63, 3.8) is 0 Å². The molecule has 0 saturated heterocycles. The monoisotopic (exact) mass is 244 g/mol. The van der Waals surface area contributed by atoms with Gasteiger partial charge in [0.1, 0.15) is 5.82 Å². The van der Waals surface area contributed by atoms with Gasteiger partial charge in [0.05, 0.1) is 0 Å². The molecule has 2 heterocycles. The smallest absolute Gasteiger partial charge is 0.198 e. The topological polar surface area (TPSA) is 81.7 Å². The highest BCUT2D eigenvalue weighted by Gasteiger charge is 2.19. The molecule has 94 valence electrons. The summed E-state index contributed by atoms with van der Waals surface area (Å²) in [5, 5.41) is 0. The molecule has 0 bridgehead atoms. The van der Waals surface area contributed by atoms with Crippen molar-refractivity contribution in [1.82, 2.24) is 19.5 Å². The maximum atomic E-state index is 5.57. The van der Waals surface area contributed by atoms with Crippen LogP contribution in [0.1, 0.15) is 24.1 Å². The number of aromatic nitrogens is 4. The van der Waals surface area contributed by atoms with Gasteiger partial charge in [-0.1, -0.05) is 0 Å². The highest BCUT2D eigenvalue weighted by molar-refractivity contribution is 5.54. The lowest BCUT2D eigenvalue weighted by molar-refractivity contribution is 0.663. The maximum Gasteiger partial charge on any atom is 0.198 e. The quantitative estimate of drug-likeness (QED) is 0.609. The highest BCUT2D eigenvalue weighted by Crippen LogP contribution is 2.27. The minimum atomic E-state index is 0.635. The van der Waals surface area contributed by atoms with Crippen molar-refractivity contribution in [3.8, 4) is 11.6 Å². The van der Waals surface area contributed by atoms with Crippen LogP contribution < -0.4 is 11.3 Å². The zero-order valence-corrected chi connectivity index (χ0v) is 10.3. The third-order valence-electron chi connectivity index (χ3n) is 3.34. The van der Waals surface area contributed by atoms with Crippen molar-refractivity contribution in [3.05, 3.63) is 23.7 Å². The molecule has 18 heavy (non-hydrogen) atoms. The van der Waals surface area contributed by atoms with Crippen molar-refractivity contribution < 1.29 is 0 Å². The van der Waals surface area contributed by atoms with Gasteiger partial charge in [-0.15, -0.1) is 0 Å². The molecule has 0 spiro atoms. The minimum Gasteiger partial charge on any atom is -0.331 e. The zero-order valence-electron chi connectivity index (χ0n) is 10.3. The van der Waals surface area contributed by atoms with E-state index < -0.39 is 0 Å². The summed E-state index contributed by atoms with van der Waals surface area (Å²) >= 11 is 0. The molecule has 2 aromatic rings. The summed E-state index contributed by atoms with van der Waals surface area (Å²) in [6.07, 6.45) is 7.96. The van der Waals surface area contributed by atoms with Gasteiger partial charge in [0.2, 0.25) is 0 Å².